The first-order chi connectivity index (χ1) is 6.58. The maximum atomic E-state index is 11.0. The Labute approximate surface area is 84.2 Å². The Balaban J connectivity index is 2.96. The number of rotatable bonds is 0. The summed E-state index contributed by atoms with van der Waals surface area (Å²) in [5, 5.41) is 9.90. The van der Waals surface area contributed by atoms with Crippen LogP contribution in [-0.4, -0.2) is 15.1 Å². The first-order valence-corrected chi connectivity index (χ1v) is 4.35. The second-order valence-corrected chi connectivity index (χ2v) is 3.38. The predicted molar refractivity (Wildman–Crippen MR) is 53.8 cm³/mol. The molecule has 2 aromatic rings. The Bertz CT molecular complexity index is 562. The van der Waals surface area contributed by atoms with E-state index in [1.807, 2.05) is 0 Å². The average Bonchev–Trinajstić information content (AvgIpc) is 2.08. The second kappa shape index (κ2) is 2.99. The molecule has 0 aliphatic carbocycles. The first-order valence-electron chi connectivity index (χ1n) is 3.97. The Morgan fingerprint density at radius 3 is 2.93 bits per heavy atom. The summed E-state index contributed by atoms with van der Waals surface area (Å²) in [6.07, 6.45) is 0. The molecule has 0 saturated heterocycles. The molecular weight excluding hydrogens is 204 g/mol. The highest BCUT2D eigenvalue weighted by molar-refractivity contribution is 6.31. The zero-order chi connectivity index (χ0) is 10.3. The number of hydrogen-bond acceptors (Lipinski definition) is 3. The van der Waals surface area contributed by atoms with Crippen molar-refractivity contribution in [3.05, 3.63) is 33.2 Å². The molecular formula is C9H7ClN2O2. The van der Waals surface area contributed by atoms with E-state index in [-0.39, 0.29) is 11.3 Å². The molecule has 0 atom stereocenters. The number of aromatic hydroxyl groups is 1. The Morgan fingerprint density at radius 1 is 1.50 bits per heavy atom. The second-order valence-electron chi connectivity index (χ2n) is 2.97. The molecule has 2 N–H and O–H groups in total. The van der Waals surface area contributed by atoms with Gasteiger partial charge in [0.2, 0.25) is 0 Å². The van der Waals surface area contributed by atoms with Crippen LogP contribution >= 0.6 is 11.6 Å². The molecule has 0 aromatic carbocycles. The monoisotopic (exact) mass is 210 g/mol. The maximum Gasteiger partial charge on any atom is 0.252 e. The van der Waals surface area contributed by atoms with Gasteiger partial charge in [0.1, 0.15) is 11.3 Å². The minimum atomic E-state index is -0.378. The molecule has 14 heavy (non-hydrogen) atoms. The summed E-state index contributed by atoms with van der Waals surface area (Å²) in [5.74, 6) is -0.136. The zero-order valence-electron chi connectivity index (χ0n) is 7.34. The zero-order valence-corrected chi connectivity index (χ0v) is 8.09. The fraction of sp³-hybridized carbons (Fsp3) is 0.111. The van der Waals surface area contributed by atoms with Crippen LogP contribution in [0.2, 0.25) is 5.02 Å². The Kier molecular flexibility index (Phi) is 1.93. The lowest BCUT2D eigenvalue weighted by atomic mass is 10.2. The Hall–Kier alpha value is -1.55. The van der Waals surface area contributed by atoms with E-state index < -0.39 is 0 Å². The minimum Gasteiger partial charge on any atom is -0.505 e. The summed E-state index contributed by atoms with van der Waals surface area (Å²) in [6.45, 7) is 1.73. The van der Waals surface area contributed by atoms with Crippen molar-refractivity contribution in [1.29, 1.82) is 0 Å². The molecule has 72 valence electrons. The number of H-pyrrole nitrogens is 1. The van der Waals surface area contributed by atoms with Gasteiger partial charge in [-0.3, -0.25) is 4.79 Å². The number of aryl methyl sites for hydroxylation is 1. The van der Waals surface area contributed by atoms with Gasteiger partial charge in [-0.1, -0.05) is 11.6 Å². The molecule has 0 fully saturated rings. The number of fused-ring (bicyclic) bond motifs is 1. The number of halogens is 1. The van der Waals surface area contributed by atoms with Gasteiger partial charge in [0, 0.05) is 6.07 Å². The van der Waals surface area contributed by atoms with Crippen LogP contribution in [0.15, 0.2) is 16.9 Å². The lowest BCUT2D eigenvalue weighted by molar-refractivity contribution is 0.479. The largest absolute Gasteiger partial charge is 0.505 e. The highest BCUT2D eigenvalue weighted by Gasteiger charge is 2.06. The summed E-state index contributed by atoms with van der Waals surface area (Å²) in [4.78, 5) is 17.6. The smallest absolute Gasteiger partial charge is 0.252 e. The molecule has 5 heteroatoms. The molecule has 0 unspecified atom stereocenters. The number of nitrogens with zero attached hydrogens (tertiary/aromatic N) is 1. The molecule has 0 aliphatic rings. The van der Waals surface area contributed by atoms with Crippen LogP contribution in [0.4, 0.5) is 0 Å². The standard InChI is InChI=1S/C9H7ClN2O2/c1-4-5(10)2-6-9(11-4)7(13)3-8(14)12-6/h2-3H,1H3,(H2,12,13,14). The first kappa shape index (κ1) is 9.02. The summed E-state index contributed by atoms with van der Waals surface area (Å²) < 4.78 is 0. The van der Waals surface area contributed by atoms with E-state index in [9.17, 15) is 9.90 Å². The number of nitrogens with one attached hydrogen (secondary N) is 1. The van der Waals surface area contributed by atoms with E-state index >= 15 is 0 Å². The van der Waals surface area contributed by atoms with Crippen molar-refractivity contribution in [2.24, 2.45) is 0 Å². The van der Waals surface area contributed by atoms with Crippen molar-refractivity contribution in [3.63, 3.8) is 0 Å². The number of hydrogen-bond donors (Lipinski definition) is 2. The predicted octanol–water partition coefficient (Wildman–Crippen LogP) is 1.59. The molecule has 0 radical (unpaired) electrons. The number of aromatic nitrogens is 2. The van der Waals surface area contributed by atoms with Gasteiger partial charge in [-0.2, -0.15) is 0 Å². The Morgan fingerprint density at radius 2 is 2.21 bits per heavy atom. The van der Waals surface area contributed by atoms with Crippen molar-refractivity contribution >= 4 is 22.6 Å². The molecule has 0 saturated carbocycles. The van der Waals surface area contributed by atoms with Gasteiger partial charge in [-0.05, 0) is 13.0 Å². The lowest BCUT2D eigenvalue weighted by Gasteiger charge is -2.02. The van der Waals surface area contributed by atoms with Gasteiger partial charge < -0.3 is 10.1 Å². The summed E-state index contributed by atoms with van der Waals surface area (Å²) in [6, 6.07) is 2.66. The van der Waals surface area contributed by atoms with Crippen molar-refractivity contribution in [2.75, 3.05) is 0 Å². The lowest BCUT2D eigenvalue weighted by Crippen LogP contribution is -2.04. The van der Waals surface area contributed by atoms with Gasteiger partial charge in [-0.15, -0.1) is 0 Å². The van der Waals surface area contributed by atoms with Crippen molar-refractivity contribution in [2.45, 2.75) is 6.92 Å². The van der Waals surface area contributed by atoms with Gasteiger partial charge >= 0.3 is 0 Å². The minimum absolute atomic E-state index is 0.136. The molecule has 0 spiro atoms. The third-order valence-corrected chi connectivity index (χ3v) is 2.30. The van der Waals surface area contributed by atoms with Crippen molar-refractivity contribution < 1.29 is 5.11 Å². The molecule has 0 bridgehead atoms. The van der Waals surface area contributed by atoms with Gasteiger partial charge in [0.25, 0.3) is 5.56 Å². The summed E-state index contributed by atoms with van der Waals surface area (Å²) in [5.41, 5.74) is 1.02. The van der Waals surface area contributed by atoms with Crippen LogP contribution < -0.4 is 5.56 Å². The maximum absolute atomic E-state index is 11.0. The van der Waals surface area contributed by atoms with Crippen LogP contribution in [0.3, 0.4) is 0 Å². The van der Waals surface area contributed by atoms with Gasteiger partial charge in [0.15, 0.2) is 0 Å². The fourth-order valence-electron chi connectivity index (χ4n) is 1.23. The molecule has 4 nitrogen and oxygen atoms in total. The highest BCUT2D eigenvalue weighted by atomic mass is 35.5. The van der Waals surface area contributed by atoms with Crippen LogP contribution in [0.1, 0.15) is 5.69 Å². The summed E-state index contributed by atoms with van der Waals surface area (Å²) in [7, 11) is 0. The third-order valence-electron chi connectivity index (χ3n) is 1.92. The van der Waals surface area contributed by atoms with Crippen LogP contribution in [0, 0.1) is 6.92 Å². The van der Waals surface area contributed by atoms with Crippen LogP contribution in [-0.2, 0) is 0 Å². The highest BCUT2D eigenvalue weighted by Crippen LogP contribution is 2.23. The fourth-order valence-corrected chi connectivity index (χ4v) is 1.38. The topological polar surface area (TPSA) is 66.0 Å². The molecule has 2 heterocycles. The van der Waals surface area contributed by atoms with E-state index in [0.717, 1.165) is 6.07 Å². The quantitative estimate of drug-likeness (QED) is 0.694. The number of pyridine rings is 2. The van der Waals surface area contributed by atoms with Crippen LogP contribution in [0.5, 0.6) is 5.75 Å². The SMILES string of the molecule is Cc1nc2c(O)cc(=O)[nH]c2cc1Cl. The third kappa shape index (κ3) is 1.33. The molecule has 0 amide bonds. The van der Waals surface area contributed by atoms with E-state index in [1.54, 1.807) is 13.0 Å². The van der Waals surface area contributed by atoms with Crippen LogP contribution in [0.25, 0.3) is 11.0 Å². The van der Waals surface area contributed by atoms with E-state index in [1.165, 1.54) is 0 Å². The van der Waals surface area contributed by atoms with Gasteiger partial charge in [-0.25, -0.2) is 4.98 Å². The van der Waals surface area contributed by atoms with E-state index in [4.69, 9.17) is 11.6 Å². The normalized spacial score (nSPS) is 10.7. The van der Waals surface area contributed by atoms with Crippen molar-refractivity contribution in [1.82, 2.24) is 9.97 Å². The molecule has 2 aromatic heterocycles. The summed E-state index contributed by atoms with van der Waals surface area (Å²) >= 11 is 5.83. The molecule has 0 aliphatic heterocycles. The average molecular weight is 211 g/mol. The molecule has 2 rings (SSSR count). The van der Waals surface area contributed by atoms with E-state index in [2.05, 4.69) is 9.97 Å². The van der Waals surface area contributed by atoms with Crippen molar-refractivity contribution in [3.8, 4) is 5.75 Å². The van der Waals surface area contributed by atoms with Gasteiger partial charge in [0.05, 0.1) is 16.2 Å². The number of aromatic amines is 1. The van der Waals surface area contributed by atoms with E-state index in [0.29, 0.717) is 21.7 Å².